The van der Waals surface area contributed by atoms with Crippen LogP contribution < -0.4 is 0 Å². The van der Waals surface area contributed by atoms with Crippen LogP contribution in [0.15, 0.2) is 12.7 Å². The van der Waals surface area contributed by atoms with Gasteiger partial charge in [0, 0.05) is 6.08 Å². The summed E-state index contributed by atoms with van der Waals surface area (Å²) in [5, 5.41) is 0. The molecule has 0 aromatic rings. The highest BCUT2D eigenvalue weighted by atomic mass is 32.3. The molecule has 1 unspecified atom stereocenters. The number of rotatable bonds is 5. The predicted octanol–water partition coefficient (Wildman–Crippen LogP) is 0.147. The van der Waals surface area contributed by atoms with Crippen LogP contribution in [0.3, 0.4) is 0 Å². The van der Waals surface area contributed by atoms with Gasteiger partial charge in [0.2, 0.25) is 6.29 Å². The van der Waals surface area contributed by atoms with Crippen molar-refractivity contribution < 1.29 is 26.3 Å². The Labute approximate surface area is 102 Å². The molecule has 0 aromatic heterocycles. The van der Waals surface area contributed by atoms with Crippen LogP contribution in [0.25, 0.3) is 0 Å². The Morgan fingerprint density at radius 3 is 2.06 bits per heavy atom. The summed E-state index contributed by atoms with van der Waals surface area (Å²) in [6.07, 6.45) is -0.352. The van der Waals surface area contributed by atoms with Gasteiger partial charge in [-0.2, -0.15) is 8.42 Å². The molecule has 7 nitrogen and oxygen atoms in total. The van der Waals surface area contributed by atoms with Gasteiger partial charge in [-0.1, -0.05) is 6.58 Å². The number of nitrogens with zero attached hydrogens (tertiary/aromatic N) is 1. The lowest BCUT2D eigenvalue weighted by molar-refractivity contribution is -0.155. The van der Waals surface area contributed by atoms with Crippen LogP contribution >= 0.6 is 0 Å². The Bertz CT molecular complexity index is 322. The lowest BCUT2D eigenvalue weighted by Gasteiger charge is -2.10. The van der Waals surface area contributed by atoms with Gasteiger partial charge in [-0.15, -0.1) is 0 Å². The van der Waals surface area contributed by atoms with Crippen molar-refractivity contribution in [3.05, 3.63) is 12.7 Å². The van der Waals surface area contributed by atoms with Gasteiger partial charge in [0.15, 0.2) is 0 Å². The van der Waals surface area contributed by atoms with Gasteiger partial charge in [0.05, 0.1) is 7.11 Å². The van der Waals surface area contributed by atoms with E-state index in [1.165, 1.54) is 6.92 Å². The van der Waals surface area contributed by atoms with E-state index >= 15 is 0 Å². The van der Waals surface area contributed by atoms with Crippen LogP contribution in [0, 0.1) is 0 Å². The Balaban J connectivity index is 0. The third-order valence-electron chi connectivity index (χ3n) is 0.906. The van der Waals surface area contributed by atoms with E-state index in [0.29, 0.717) is 0 Å². The molecule has 0 saturated carbocycles. The molecule has 0 spiro atoms. The summed E-state index contributed by atoms with van der Waals surface area (Å²) in [5.74, 6) is -0.779. The summed E-state index contributed by atoms with van der Waals surface area (Å²) in [5.41, 5.74) is 0. The number of esters is 1. The second-order valence-corrected chi connectivity index (χ2v) is 4.56. The minimum absolute atomic E-state index is 0.779. The van der Waals surface area contributed by atoms with Crippen LogP contribution in [0.1, 0.15) is 6.92 Å². The van der Waals surface area contributed by atoms with E-state index in [2.05, 4.69) is 19.7 Å². The van der Waals surface area contributed by atoms with E-state index < -0.39 is 22.7 Å². The van der Waals surface area contributed by atoms with Crippen molar-refractivity contribution in [3.8, 4) is 0 Å². The summed E-state index contributed by atoms with van der Waals surface area (Å²) in [6.45, 7) is 4.35. The number of hydrogen-bond donors (Lipinski definition) is 0. The average Bonchev–Trinajstić information content (AvgIpc) is 2.15. The quantitative estimate of drug-likeness (QED) is 0.399. The van der Waals surface area contributed by atoms with Gasteiger partial charge in [0.25, 0.3) is 0 Å². The van der Waals surface area contributed by atoms with E-state index in [0.717, 1.165) is 13.2 Å². The Hall–Kier alpha value is -0.960. The number of carbonyl (C=O) groups is 1. The van der Waals surface area contributed by atoms with Crippen molar-refractivity contribution in [2.45, 2.75) is 13.2 Å². The van der Waals surface area contributed by atoms with Crippen LogP contribution in [0.5, 0.6) is 0 Å². The van der Waals surface area contributed by atoms with E-state index in [4.69, 9.17) is 0 Å². The third-order valence-corrected chi connectivity index (χ3v) is 1.82. The third kappa shape index (κ3) is 15.0. The second kappa shape index (κ2) is 9.11. The summed E-state index contributed by atoms with van der Waals surface area (Å²) >= 11 is 0. The first-order valence-electron chi connectivity index (χ1n) is 4.57. The number of carbonyl (C=O) groups excluding carboxylic acids is 1. The highest BCUT2D eigenvalue weighted by Crippen LogP contribution is 2.02. The Morgan fingerprint density at radius 2 is 1.76 bits per heavy atom. The number of hydrogen-bond acceptors (Lipinski definition) is 7. The van der Waals surface area contributed by atoms with Crippen molar-refractivity contribution >= 4 is 16.4 Å². The molecule has 0 rings (SSSR count). The van der Waals surface area contributed by atoms with Gasteiger partial charge in [-0.05, 0) is 28.1 Å². The molecule has 0 aliphatic carbocycles. The average molecular weight is 269 g/mol. The maximum Gasteiger partial charge on any atom is 0.402 e. The molecule has 0 N–H and O–H groups in total. The molecule has 0 heterocycles. The van der Waals surface area contributed by atoms with Gasteiger partial charge in [0.1, 0.15) is 0 Å². The van der Waals surface area contributed by atoms with E-state index in [-0.39, 0.29) is 0 Å². The molecular formula is C9H19NO6S. The topological polar surface area (TPSA) is 82.1 Å². The first kappa shape index (κ1) is 18.4. The van der Waals surface area contributed by atoms with Crippen molar-refractivity contribution in [2.24, 2.45) is 0 Å². The van der Waals surface area contributed by atoms with E-state index in [1.54, 1.807) is 0 Å². The molecule has 102 valence electrons. The normalized spacial score (nSPS) is 12.4. The second-order valence-electron chi connectivity index (χ2n) is 3.22. The Morgan fingerprint density at radius 1 is 1.35 bits per heavy atom. The molecule has 0 aliphatic rings. The highest BCUT2D eigenvalue weighted by Gasteiger charge is 2.17. The van der Waals surface area contributed by atoms with Gasteiger partial charge < -0.3 is 9.64 Å². The lowest BCUT2D eigenvalue weighted by Crippen LogP contribution is -2.21. The molecule has 8 heteroatoms. The Kier molecular flexibility index (Phi) is 9.86. The lowest BCUT2D eigenvalue weighted by atomic mass is 10.6. The highest BCUT2D eigenvalue weighted by molar-refractivity contribution is 7.81. The summed E-state index contributed by atoms with van der Waals surface area (Å²) in [4.78, 5) is 12.5. The SMILES string of the molecule is C=CC(=O)OC(C)OS(=O)(=O)OC.CN(C)C. The van der Waals surface area contributed by atoms with Crippen molar-refractivity contribution in [1.82, 2.24) is 4.90 Å². The fraction of sp³-hybridized carbons (Fsp3) is 0.667. The molecule has 0 aromatic carbocycles. The molecule has 0 bridgehead atoms. The van der Waals surface area contributed by atoms with Crippen LogP contribution in [-0.2, 0) is 28.3 Å². The van der Waals surface area contributed by atoms with E-state index in [9.17, 15) is 13.2 Å². The van der Waals surface area contributed by atoms with Gasteiger partial charge >= 0.3 is 16.4 Å². The molecular weight excluding hydrogens is 250 g/mol. The molecule has 17 heavy (non-hydrogen) atoms. The summed E-state index contributed by atoms with van der Waals surface area (Å²) in [6, 6.07) is 0. The molecule has 1 atom stereocenters. The van der Waals surface area contributed by atoms with Crippen molar-refractivity contribution in [2.75, 3.05) is 28.3 Å². The molecule has 0 saturated heterocycles. The predicted molar refractivity (Wildman–Crippen MR) is 62.4 cm³/mol. The minimum Gasteiger partial charge on any atom is -0.432 e. The fourth-order valence-corrected chi connectivity index (χ4v) is 0.886. The largest absolute Gasteiger partial charge is 0.432 e. The smallest absolute Gasteiger partial charge is 0.402 e. The maximum absolute atomic E-state index is 10.6. The molecule has 0 radical (unpaired) electrons. The summed E-state index contributed by atoms with van der Waals surface area (Å²) < 4.78 is 33.8. The number of ether oxygens (including phenoxy) is 1. The van der Waals surface area contributed by atoms with E-state index in [1.807, 2.05) is 26.0 Å². The molecule has 0 aliphatic heterocycles. The van der Waals surface area contributed by atoms with Gasteiger partial charge in [-0.25, -0.2) is 8.98 Å². The monoisotopic (exact) mass is 269 g/mol. The van der Waals surface area contributed by atoms with Crippen LogP contribution in [0.4, 0.5) is 0 Å². The van der Waals surface area contributed by atoms with Crippen LogP contribution in [-0.4, -0.2) is 53.8 Å². The first-order chi connectivity index (χ1) is 7.64. The zero-order valence-corrected chi connectivity index (χ0v) is 11.5. The van der Waals surface area contributed by atoms with Crippen molar-refractivity contribution in [1.29, 1.82) is 0 Å². The first-order valence-corrected chi connectivity index (χ1v) is 5.90. The standard InChI is InChI=1S/C6H10O6S.C3H9N/c1-4-6(7)11-5(2)12-13(8,9)10-3;1-4(2)3/h4-5H,1H2,2-3H3;1-3H3. The fourth-order valence-electron chi connectivity index (χ4n) is 0.437. The minimum atomic E-state index is -4.08. The zero-order valence-electron chi connectivity index (χ0n) is 10.7. The van der Waals surface area contributed by atoms with Gasteiger partial charge in [-0.3, -0.25) is 4.18 Å². The molecule has 0 amide bonds. The van der Waals surface area contributed by atoms with Crippen LogP contribution in [0.2, 0.25) is 0 Å². The molecule has 0 fully saturated rings. The zero-order chi connectivity index (χ0) is 14.1. The maximum atomic E-state index is 10.6. The van der Waals surface area contributed by atoms with Crippen molar-refractivity contribution in [3.63, 3.8) is 0 Å². The summed E-state index contributed by atoms with van der Waals surface area (Å²) in [7, 11) is 2.84.